The number of hydrogen-bond acceptors (Lipinski definition) is 8. The minimum Gasteiger partial charge on any atom is -0.394 e. The molecule has 0 aromatic carbocycles. The quantitative estimate of drug-likeness (QED) is 0.336. The summed E-state index contributed by atoms with van der Waals surface area (Å²) in [4.78, 5) is 0. The van der Waals surface area contributed by atoms with E-state index in [-0.39, 0.29) is 0 Å². The number of alkyl halides is 3. The van der Waals surface area contributed by atoms with Crippen molar-refractivity contribution in [2.24, 2.45) is 0 Å². The lowest BCUT2D eigenvalue weighted by Gasteiger charge is -2.39. The fraction of sp³-hybridized carbons (Fsp3) is 1.00. The van der Waals surface area contributed by atoms with Crippen LogP contribution in [-0.2, 0) is 19.0 Å². The van der Waals surface area contributed by atoms with Crippen molar-refractivity contribution >= 4 is 10.1 Å². The summed E-state index contributed by atoms with van der Waals surface area (Å²) in [5, 5.41) is 36.5. The van der Waals surface area contributed by atoms with Gasteiger partial charge in [-0.3, -0.25) is 0 Å². The van der Waals surface area contributed by atoms with Gasteiger partial charge < -0.3 is 25.2 Å². The second kappa shape index (κ2) is 5.47. The summed E-state index contributed by atoms with van der Waals surface area (Å²) in [7, 11) is -6.06. The number of hydrogen-bond donors (Lipinski definition) is 4. The lowest BCUT2D eigenvalue weighted by Crippen LogP contribution is -2.59. The van der Waals surface area contributed by atoms with E-state index < -0.39 is 52.9 Å². The SMILES string of the molecule is O=S(=O)(O[C@@H]1O[C@H](CO)[C@@H](O)[C@H](O)[C@H]1O)C(F)(F)F. The molecule has 5 atom stereocenters. The Morgan fingerprint density at radius 2 is 1.63 bits per heavy atom. The topological polar surface area (TPSA) is 134 Å². The molecule has 0 aromatic heterocycles. The van der Waals surface area contributed by atoms with Crippen LogP contribution in [0.1, 0.15) is 0 Å². The van der Waals surface area contributed by atoms with Gasteiger partial charge in [0, 0.05) is 0 Å². The van der Waals surface area contributed by atoms with Crippen LogP contribution in [-0.4, -0.2) is 71.7 Å². The third kappa shape index (κ3) is 3.34. The van der Waals surface area contributed by atoms with Gasteiger partial charge in [-0.15, -0.1) is 0 Å². The highest BCUT2D eigenvalue weighted by atomic mass is 32.2. The molecule has 8 nitrogen and oxygen atoms in total. The Morgan fingerprint density at radius 3 is 2.05 bits per heavy atom. The van der Waals surface area contributed by atoms with Crippen molar-refractivity contribution in [2.45, 2.75) is 36.2 Å². The van der Waals surface area contributed by atoms with Crippen LogP contribution in [0.5, 0.6) is 0 Å². The molecule has 1 saturated heterocycles. The molecule has 0 spiro atoms. The monoisotopic (exact) mass is 312 g/mol. The van der Waals surface area contributed by atoms with E-state index in [1.54, 1.807) is 0 Å². The molecule has 4 N–H and O–H groups in total. The molecule has 114 valence electrons. The van der Waals surface area contributed by atoms with Crippen LogP contribution in [0.3, 0.4) is 0 Å². The minimum absolute atomic E-state index is 0.934. The van der Waals surface area contributed by atoms with Gasteiger partial charge in [-0.2, -0.15) is 21.6 Å². The van der Waals surface area contributed by atoms with Crippen molar-refractivity contribution < 1.29 is 50.9 Å². The zero-order valence-electron chi connectivity index (χ0n) is 9.06. The van der Waals surface area contributed by atoms with Crippen LogP contribution in [0.25, 0.3) is 0 Å². The van der Waals surface area contributed by atoms with Gasteiger partial charge in [0.2, 0.25) is 6.29 Å². The summed E-state index contributed by atoms with van der Waals surface area (Å²) >= 11 is 0. The zero-order valence-corrected chi connectivity index (χ0v) is 9.87. The molecule has 1 aliphatic heterocycles. The van der Waals surface area contributed by atoms with Gasteiger partial charge >= 0.3 is 15.6 Å². The summed E-state index contributed by atoms with van der Waals surface area (Å²) in [5.74, 6) is 0. The molecule has 0 amide bonds. The molecule has 12 heteroatoms. The highest BCUT2D eigenvalue weighted by Crippen LogP contribution is 2.29. The van der Waals surface area contributed by atoms with Crippen LogP contribution in [0, 0.1) is 0 Å². The Morgan fingerprint density at radius 1 is 1.11 bits per heavy atom. The van der Waals surface area contributed by atoms with E-state index in [1.807, 2.05) is 0 Å². The van der Waals surface area contributed by atoms with E-state index in [9.17, 15) is 36.9 Å². The normalized spacial score (nSPS) is 37.3. The van der Waals surface area contributed by atoms with Crippen molar-refractivity contribution in [3.63, 3.8) is 0 Å². The first-order chi connectivity index (χ1) is 8.51. The number of aliphatic hydroxyl groups is 4. The predicted molar refractivity (Wildman–Crippen MR) is 49.8 cm³/mol. The Balaban J connectivity index is 2.89. The summed E-state index contributed by atoms with van der Waals surface area (Å²) in [6.45, 7) is -0.934. The molecule has 1 rings (SSSR count). The molecule has 19 heavy (non-hydrogen) atoms. The minimum atomic E-state index is -6.06. The van der Waals surface area contributed by atoms with Crippen molar-refractivity contribution in [2.75, 3.05) is 6.61 Å². The van der Waals surface area contributed by atoms with Crippen LogP contribution in [0.4, 0.5) is 13.2 Å². The van der Waals surface area contributed by atoms with Crippen molar-refractivity contribution in [1.29, 1.82) is 0 Å². The number of halogens is 3. The molecular formula is C7H11F3O8S. The van der Waals surface area contributed by atoms with Gasteiger partial charge in [0.1, 0.15) is 24.4 Å². The van der Waals surface area contributed by atoms with Crippen LogP contribution in [0.2, 0.25) is 0 Å². The summed E-state index contributed by atoms with van der Waals surface area (Å²) in [5.41, 5.74) is -5.74. The summed E-state index contributed by atoms with van der Waals surface area (Å²) < 4.78 is 65.6. The van der Waals surface area contributed by atoms with E-state index in [0.717, 1.165) is 0 Å². The Labute approximate surface area is 105 Å². The van der Waals surface area contributed by atoms with E-state index in [4.69, 9.17) is 5.11 Å². The lowest BCUT2D eigenvalue weighted by molar-refractivity contribution is -0.278. The second-order valence-electron chi connectivity index (χ2n) is 3.69. The molecule has 1 aliphatic rings. The standard InChI is InChI=1S/C7H11F3O8S/c8-7(9,10)19(15,16)18-6-5(14)4(13)3(12)2(1-11)17-6/h2-6,11-14H,1H2/t2-,3-,4+,5-,6+/m1/s1. The van der Waals surface area contributed by atoms with Gasteiger partial charge in [-0.05, 0) is 0 Å². The first-order valence-electron chi connectivity index (χ1n) is 4.81. The maximum absolute atomic E-state index is 12.1. The zero-order chi connectivity index (χ0) is 15.0. The summed E-state index contributed by atoms with van der Waals surface area (Å²) in [6, 6.07) is 0. The first-order valence-corrected chi connectivity index (χ1v) is 6.22. The number of aliphatic hydroxyl groups excluding tert-OH is 4. The fourth-order valence-corrected chi connectivity index (χ4v) is 1.84. The Bertz CT molecular complexity index is 407. The molecule has 0 radical (unpaired) electrons. The average Bonchev–Trinajstić information content (AvgIpc) is 2.28. The molecular weight excluding hydrogens is 301 g/mol. The molecule has 0 aliphatic carbocycles. The van der Waals surface area contributed by atoms with Gasteiger partial charge in [-0.25, -0.2) is 4.18 Å². The van der Waals surface area contributed by atoms with Gasteiger partial charge in [0.15, 0.2) is 0 Å². The smallest absolute Gasteiger partial charge is 0.394 e. The van der Waals surface area contributed by atoms with Crippen LogP contribution in [0.15, 0.2) is 0 Å². The van der Waals surface area contributed by atoms with E-state index >= 15 is 0 Å². The van der Waals surface area contributed by atoms with E-state index in [2.05, 4.69) is 8.92 Å². The average molecular weight is 312 g/mol. The first kappa shape index (κ1) is 16.6. The highest BCUT2D eigenvalue weighted by Gasteiger charge is 2.53. The Hall–Kier alpha value is -0.500. The van der Waals surface area contributed by atoms with Crippen molar-refractivity contribution in [3.05, 3.63) is 0 Å². The van der Waals surface area contributed by atoms with Crippen LogP contribution < -0.4 is 0 Å². The molecule has 1 heterocycles. The fourth-order valence-electron chi connectivity index (χ4n) is 1.33. The van der Waals surface area contributed by atoms with Crippen molar-refractivity contribution in [1.82, 2.24) is 0 Å². The largest absolute Gasteiger partial charge is 0.523 e. The highest BCUT2D eigenvalue weighted by molar-refractivity contribution is 7.87. The third-order valence-corrected chi connectivity index (χ3v) is 3.36. The summed E-state index contributed by atoms with van der Waals surface area (Å²) in [6.07, 6.45) is -10.1. The van der Waals surface area contributed by atoms with E-state index in [1.165, 1.54) is 0 Å². The molecule has 0 unspecified atom stereocenters. The maximum Gasteiger partial charge on any atom is 0.523 e. The number of ether oxygens (including phenoxy) is 1. The molecule has 0 aromatic rings. The lowest BCUT2D eigenvalue weighted by atomic mass is 10.00. The van der Waals surface area contributed by atoms with Gasteiger partial charge in [0.05, 0.1) is 6.61 Å². The van der Waals surface area contributed by atoms with E-state index in [0.29, 0.717) is 0 Å². The molecule has 0 saturated carbocycles. The molecule has 1 fully saturated rings. The third-order valence-electron chi connectivity index (χ3n) is 2.35. The second-order valence-corrected chi connectivity index (χ2v) is 5.26. The maximum atomic E-state index is 12.1. The van der Waals surface area contributed by atoms with Crippen LogP contribution >= 0.6 is 0 Å². The van der Waals surface area contributed by atoms with Gasteiger partial charge in [0.25, 0.3) is 0 Å². The Kier molecular flexibility index (Phi) is 4.77. The number of rotatable bonds is 3. The van der Waals surface area contributed by atoms with Gasteiger partial charge in [-0.1, -0.05) is 0 Å². The van der Waals surface area contributed by atoms with Crippen molar-refractivity contribution in [3.8, 4) is 0 Å². The predicted octanol–water partition coefficient (Wildman–Crippen LogP) is -2.35. The molecule has 0 bridgehead atoms.